The number of carbonyl (C=O) groups excluding carboxylic acids is 2. The lowest BCUT2D eigenvalue weighted by Crippen LogP contribution is -2.43. The van der Waals surface area contributed by atoms with E-state index in [-0.39, 0.29) is 24.9 Å². The SMILES string of the molecule is CC(C)(Oc1ccc(Cl)cc1)C(=O)Nc1c2c(nn1CC(=O)NCc1ccco1)CSC2. The van der Waals surface area contributed by atoms with Crippen LogP contribution in [-0.2, 0) is 34.2 Å². The van der Waals surface area contributed by atoms with Gasteiger partial charge in [-0.1, -0.05) is 11.6 Å². The Kier molecular flexibility index (Phi) is 6.48. The number of ether oxygens (including phenoxy) is 1. The first-order valence-corrected chi connectivity index (χ1v) is 11.6. The van der Waals surface area contributed by atoms with Gasteiger partial charge in [0.15, 0.2) is 5.60 Å². The van der Waals surface area contributed by atoms with Crippen LogP contribution in [0.5, 0.6) is 5.75 Å². The summed E-state index contributed by atoms with van der Waals surface area (Å²) in [4.78, 5) is 25.6. The third-order valence-corrected chi connectivity index (χ3v) is 6.14. The highest BCUT2D eigenvalue weighted by atomic mass is 35.5. The Morgan fingerprint density at radius 2 is 2.03 bits per heavy atom. The van der Waals surface area contributed by atoms with Gasteiger partial charge in [-0.25, -0.2) is 4.68 Å². The molecule has 0 unspecified atom stereocenters. The molecule has 1 aliphatic rings. The number of anilines is 1. The molecule has 0 spiro atoms. The van der Waals surface area contributed by atoms with E-state index in [9.17, 15) is 9.59 Å². The molecular weight excluding hydrogens is 452 g/mol. The van der Waals surface area contributed by atoms with Crippen LogP contribution in [0.4, 0.5) is 5.82 Å². The average molecular weight is 475 g/mol. The molecular formula is C22H23ClN4O4S. The molecule has 3 heterocycles. The number of halogens is 1. The largest absolute Gasteiger partial charge is 0.478 e. The van der Waals surface area contributed by atoms with Gasteiger partial charge in [0.05, 0.1) is 18.5 Å². The summed E-state index contributed by atoms with van der Waals surface area (Å²) in [5.41, 5.74) is 0.647. The lowest BCUT2D eigenvalue weighted by Gasteiger charge is -2.25. The topological polar surface area (TPSA) is 98.4 Å². The van der Waals surface area contributed by atoms with Crippen LogP contribution >= 0.6 is 23.4 Å². The van der Waals surface area contributed by atoms with Gasteiger partial charge in [0.2, 0.25) is 5.91 Å². The second-order valence-corrected chi connectivity index (χ2v) is 9.22. The Bertz CT molecular complexity index is 1110. The number of thioether (sulfide) groups is 1. The van der Waals surface area contributed by atoms with Crippen molar-refractivity contribution in [1.29, 1.82) is 0 Å². The van der Waals surface area contributed by atoms with Crippen molar-refractivity contribution in [2.75, 3.05) is 5.32 Å². The van der Waals surface area contributed by atoms with Crippen molar-refractivity contribution in [2.45, 2.75) is 44.0 Å². The Balaban J connectivity index is 1.46. The van der Waals surface area contributed by atoms with Gasteiger partial charge in [0, 0.05) is 22.1 Å². The zero-order valence-corrected chi connectivity index (χ0v) is 19.3. The van der Waals surface area contributed by atoms with Gasteiger partial charge in [-0.05, 0) is 50.2 Å². The van der Waals surface area contributed by atoms with Gasteiger partial charge in [0.1, 0.15) is 23.9 Å². The molecule has 2 aromatic heterocycles. The molecule has 2 amide bonds. The van der Waals surface area contributed by atoms with Crippen LogP contribution < -0.4 is 15.4 Å². The third-order valence-electron chi connectivity index (χ3n) is 4.92. The van der Waals surface area contributed by atoms with Gasteiger partial charge in [-0.15, -0.1) is 0 Å². The van der Waals surface area contributed by atoms with Crippen molar-refractivity contribution in [3.63, 3.8) is 0 Å². The summed E-state index contributed by atoms with van der Waals surface area (Å²) in [6.45, 7) is 3.63. The maximum Gasteiger partial charge on any atom is 0.269 e. The normalized spacial score (nSPS) is 13.0. The Morgan fingerprint density at radius 3 is 2.75 bits per heavy atom. The Hall–Kier alpha value is -2.91. The molecule has 168 valence electrons. The minimum Gasteiger partial charge on any atom is -0.478 e. The molecule has 0 fully saturated rings. The highest BCUT2D eigenvalue weighted by Gasteiger charge is 2.33. The zero-order chi connectivity index (χ0) is 22.7. The number of benzene rings is 1. The van der Waals surface area contributed by atoms with Crippen molar-refractivity contribution in [3.05, 3.63) is 64.7 Å². The van der Waals surface area contributed by atoms with Crippen molar-refractivity contribution in [1.82, 2.24) is 15.1 Å². The minimum atomic E-state index is -1.16. The van der Waals surface area contributed by atoms with E-state index >= 15 is 0 Å². The third kappa shape index (κ3) is 5.11. The van der Waals surface area contributed by atoms with E-state index in [1.54, 1.807) is 68.3 Å². The number of fused-ring (bicyclic) bond motifs is 1. The molecule has 4 rings (SSSR count). The zero-order valence-electron chi connectivity index (χ0n) is 17.7. The van der Waals surface area contributed by atoms with Crippen LogP contribution in [0.25, 0.3) is 0 Å². The van der Waals surface area contributed by atoms with E-state index in [0.717, 1.165) is 22.8 Å². The molecule has 0 bridgehead atoms. The number of furan rings is 1. The fraction of sp³-hybridized carbons (Fsp3) is 0.318. The second-order valence-electron chi connectivity index (χ2n) is 7.80. The van der Waals surface area contributed by atoms with E-state index in [0.29, 0.717) is 22.4 Å². The van der Waals surface area contributed by atoms with E-state index in [1.165, 1.54) is 4.68 Å². The lowest BCUT2D eigenvalue weighted by atomic mass is 10.1. The maximum absolute atomic E-state index is 13.1. The molecule has 2 N–H and O–H groups in total. The number of nitrogens with one attached hydrogen (secondary N) is 2. The molecule has 0 saturated carbocycles. The van der Waals surface area contributed by atoms with E-state index < -0.39 is 5.60 Å². The molecule has 1 aromatic carbocycles. The average Bonchev–Trinajstić information content (AvgIpc) is 3.48. The van der Waals surface area contributed by atoms with Crippen molar-refractivity contribution in [2.24, 2.45) is 0 Å². The van der Waals surface area contributed by atoms with Crippen LogP contribution in [0, 0.1) is 0 Å². The van der Waals surface area contributed by atoms with E-state index in [2.05, 4.69) is 15.7 Å². The summed E-state index contributed by atoms with van der Waals surface area (Å²) in [7, 11) is 0. The lowest BCUT2D eigenvalue weighted by molar-refractivity contribution is -0.128. The fourth-order valence-corrected chi connectivity index (χ4v) is 4.37. The quantitative estimate of drug-likeness (QED) is 0.512. The smallest absolute Gasteiger partial charge is 0.269 e. The molecule has 0 saturated heterocycles. The van der Waals surface area contributed by atoms with Crippen LogP contribution in [0.3, 0.4) is 0 Å². The number of aromatic nitrogens is 2. The van der Waals surface area contributed by atoms with Crippen molar-refractivity contribution in [3.8, 4) is 5.75 Å². The second kappa shape index (κ2) is 9.30. The predicted molar refractivity (Wildman–Crippen MR) is 123 cm³/mol. The summed E-state index contributed by atoms with van der Waals surface area (Å²) < 4.78 is 12.7. The number of hydrogen-bond acceptors (Lipinski definition) is 6. The molecule has 3 aromatic rings. The number of hydrogen-bond donors (Lipinski definition) is 2. The van der Waals surface area contributed by atoms with Crippen LogP contribution in [0.2, 0.25) is 5.02 Å². The van der Waals surface area contributed by atoms with Gasteiger partial charge in [0.25, 0.3) is 5.91 Å². The van der Waals surface area contributed by atoms with Crippen LogP contribution in [0.1, 0.15) is 30.9 Å². The van der Waals surface area contributed by atoms with E-state index in [4.69, 9.17) is 20.8 Å². The van der Waals surface area contributed by atoms with Gasteiger partial charge in [-0.3, -0.25) is 9.59 Å². The number of rotatable bonds is 8. The van der Waals surface area contributed by atoms with Gasteiger partial charge >= 0.3 is 0 Å². The monoisotopic (exact) mass is 474 g/mol. The first kappa shape index (κ1) is 22.3. The predicted octanol–water partition coefficient (Wildman–Crippen LogP) is 3.99. The Morgan fingerprint density at radius 1 is 1.25 bits per heavy atom. The summed E-state index contributed by atoms with van der Waals surface area (Å²) >= 11 is 7.63. The van der Waals surface area contributed by atoms with Crippen molar-refractivity contribution >= 4 is 41.0 Å². The van der Waals surface area contributed by atoms with Crippen LogP contribution in [0.15, 0.2) is 47.1 Å². The van der Waals surface area contributed by atoms with E-state index in [1.807, 2.05) is 0 Å². The maximum atomic E-state index is 13.1. The molecule has 8 nitrogen and oxygen atoms in total. The highest BCUT2D eigenvalue weighted by Crippen LogP contribution is 2.35. The molecule has 1 aliphatic heterocycles. The van der Waals surface area contributed by atoms with Crippen molar-refractivity contribution < 1.29 is 18.7 Å². The summed E-state index contributed by atoms with van der Waals surface area (Å²) in [5.74, 6) is 2.59. The first-order chi connectivity index (χ1) is 15.3. The van der Waals surface area contributed by atoms with Crippen LogP contribution in [-0.4, -0.2) is 27.2 Å². The standard InChI is InChI=1S/C22H23ClN4O4S/c1-22(2,31-15-7-5-14(23)6-8-15)21(29)25-20-17-12-32-13-18(17)26-27(20)11-19(28)24-10-16-4-3-9-30-16/h3-9H,10-13H2,1-2H3,(H,24,28)(H,25,29). The summed E-state index contributed by atoms with van der Waals surface area (Å²) in [6.07, 6.45) is 1.55. The fourth-order valence-electron chi connectivity index (χ4n) is 3.21. The number of amides is 2. The summed E-state index contributed by atoms with van der Waals surface area (Å²) in [5, 5.41) is 10.9. The first-order valence-electron chi connectivity index (χ1n) is 10.0. The molecule has 0 radical (unpaired) electrons. The van der Waals surface area contributed by atoms with Gasteiger partial charge in [-0.2, -0.15) is 16.9 Å². The summed E-state index contributed by atoms with van der Waals surface area (Å²) in [6, 6.07) is 10.4. The molecule has 10 heteroatoms. The highest BCUT2D eigenvalue weighted by molar-refractivity contribution is 7.98. The molecule has 32 heavy (non-hydrogen) atoms. The Labute approximate surface area is 194 Å². The minimum absolute atomic E-state index is 0.0214. The molecule has 0 aliphatic carbocycles. The number of carbonyl (C=O) groups is 2. The molecule has 0 atom stereocenters. The number of nitrogens with zero attached hydrogens (tertiary/aromatic N) is 2. The van der Waals surface area contributed by atoms with Gasteiger partial charge < -0.3 is 19.8 Å².